The maximum atomic E-state index is 9.79. The topological polar surface area (TPSA) is 90.3 Å². The van der Waals surface area contributed by atoms with Crippen LogP contribution in [0.5, 0.6) is 11.5 Å². The minimum atomic E-state index is -0.108. The number of phenols is 2. The van der Waals surface area contributed by atoms with Gasteiger partial charge in [0.05, 0.1) is 11.8 Å². The van der Waals surface area contributed by atoms with Crippen molar-refractivity contribution in [3.63, 3.8) is 0 Å². The molecule has 0 saturated carbocycles. The van der Waals surface area contributed by atoms with Crippen LogP contribution in [0.15, 0.2) is 48.7 Å². The highest BCUT2D eigenvalue weighted by molar-refractivity contribution is 7.80. The number of hydrazine groups is 1. The van der Waals surface area contributed by atoms with E-state index in [1.54, 1.807) is 6.20 Å². The van der Waals surface area contributed by atoms with E-state index in [0.717, 1.165) is 10.8 Å². The van der Waals surface area contributed by atoms with Crippen molar-refractivity contribution in [1.29, 1.82) is 0 Å². The molecule has 110 valence electrons. The molecule has 0 saturated heterocycles. The van der Waals surface area contributed by atoms with Gasteiger partial charge < -0.3 is 10.2 Å². The van der Waals surface area contributed by atoms with E-state index in [1.807, 2.05) is 24.3 Å². The fraction of sp³-hybridized carbons (Fsp3) is 0. The Bertz CT molecular complexity index is 849. The van der Waals surface area contributed by atoms with Crippen molar-refractivity contribution < 1.29 is 10.2 Å². The molecule has 0 aliphatic carbocycles. The summed E-state index contributed by atoms with van der Waals surface area (Å²) in [6.07, 6.45) is 1.67. The van der Waals surface area contributed by atoms with E-state index < -0.39 is 0 Å². The Kier molecular flexibility index (Phi) is 3.71. The molecule has 6 nitrogen and oxygen atoms in total. The van der Waals surface area contributed by atoms with Gasteiger partial charge in [-0.15, -0.1) is 5.10 Å². The molecule has 4 N–H and O–H groups in total. The van der Waals surface area contributed by atoms with Gasteiger partial charge in [0.25, 0.3) is 0 Å². The first-order valence-corrected chi connectivity index (χ1v) is 6.85. The van der Waals surface area contributed by atoms with Crippen LogP contribution in [0.3, 0.4) is 0 Å². The molecule has 0 unspecified atom stereocenters. The van der Waals surface area contributed by atoms with Crippen LogP contribution >= 0.6 is 12.2 Å². The molecule has 0 spiro atoms. The van der Waals surface area contributed by atoms with Crippen LogP contribution in [-0.2, 0) is 0 Å². The van der Waals surface area contributed by atoms with E-state index in [-0.39, 0.29) is 16.5 Å². The molecule has 0 aliphatic rings. The summed E-state index contributed by atoms with van der Waals surface area (Å²) in [5.74, 6) is 0.388. The smallest absolute Gasteiger partial charge is 0.175 e. The molecule has 7 heteroatoms. The largest absolute Gasteiger partial charge is 0.508 e. The predicted octanol–water partition coefficient (Wildman–Crippen LogP) is 2.33. The summed E-state index contributed by atoms with van der Waals surface area (Å²) in [5.41, 5.74) is 6.09. The van der Waals surface area contributed by atoms with E-state index in [1.165, 1.54) is 18.2 Å². The van der Waals surface area contributed by atoms with E-state index >= 15 is 0 Å². The number of anilines is 1. The minimum absolute atomic E-state index is 0.0306. The first-order valence-electron chi connectivity index (χ1n) is 6.44. The summed E-state index contributed by atoms with van der Waals surface area (Å²) < 4.78 is 0. The highest BCUT2D eigenvalue weighted by atomic mass is 32.1. The minimum Gasteiger partial charge on any atom is -0.508 e. The highest BCUT2D eigenvalue weighted by Gasteiger charge is 2.09. The van der Waals surface area contributed by atoms with Crippen molar-refractivity contribution in [3.05, 3.63) is 54.2 Å². The van der Waals surface area contributed by atoms with Crippen molar-refractivity contribution in [2.45, 2.75) is 0 Å². The Labute approximate surface area is 131 Å². The summed E-state index contributed by atoms with van der Waals surface area (Å²) in [7, 11) is 0. The van der Waals surface area contributed by atoms with Crippen molar-refractivity contribution >= 4 is 33.8 Å². The van der Waals surface area contributed by atoms with Crippen LogP contribution in [0, 0.1) is 0 Å². The summed E-state index contributed by atoms with van der Waals surface area (Å²) in [5, 5.41) is 28.8. The maximum Gasteiger partial charge on any atom is 0.175 e. The Morgan fingerprint density at radius 2 is 1.91 bits per heavy atom. The van der Waals surface area contributed by atoms with Gasteiger partial charge >= 0.3 is 0 Å². The molecule has 22 heavy (non-hydrogen) atoms. The maximum absolute atomic E-state index is 9.79. The van der Waals surface area contributed by atoms with Crippen molar-refractivity contribution in [2.75, 3.05) is 5.43 Å². The number of rotatable bonds is 3. The summed E-state index contributed by atoms with van der Waals surface area (Å²) >= 11 is 5.21. The quantitative estimate of drug-likeness (QED) is 0.436. The molecule has 3 aromatic rings. The van der Waals surface area contributed by atoms with E-state index in [4.69, 9.17) is 12.2 Å². The molecular weight excluding hydrogens is 300 g/mol. The van der Waals surface area contributed by atoms with Gasteiger partial charge in [-0.05, 0) is 12.1 Å². The van der Waals surface area contributed by atoms with E-state index in [9.17, 15) is 10.2 Å². The van der Waals surface area contributed by atoms with Gasteiger partial charge in [-0.2, -0.15) is 5.10 Å². The van der Waals surface area contributed by atoms with Crippen LogP contribution in [-0.4, -0.2) is 25.4 Å². The van der Waals surface area contributed by atoms with Gasteiger partial charge in [0, 0.05) is 16.8 Å². The predicted molar refractivity (Wildman–Crippen MR) is 87.8 cm³/mol. The van der Waals surface area contributed by atoms with Gasteiger partial charge in [-0.1, -0.05) is 36.5 Å². The van der Waals surface area contributed by atoms with Crippen LogP contribution in [0.2, 0.25) is 0 Å². The monoisotopic (exact) mass is 312 g/mol. The molecule has 0 atom stereocenters. The van der Waals surface area contributed by atoms with Gasteiger partial charge in [0.2, 0.25) is 0 Å². The zero-order chi connectivity index (χ0) is 15.5. The zero-order valence-electron chi connectivity index (χ0n) is 11.3. The first kappa shape index (κ1) is 14.0. The third-order valence-corrected chi connectivity index (χ3v) is 3.41. The average molecular weight is 312 g/mol. The van der Waals surface area contributed by atoms with Crippen LogP contribution in [0.1, 0.15) is 5.56 Å². The Morgan fingerprint density at radius 1 is 1.09 bits per heavy atom. The van der Waals surface area contributed by atoms with Gasteiger partial charge in [-0.3, -0.25) is 10.9 Å². The normalized spacial score (nSPS) is 10.4. The lowest BCUT2D eigenvalue weighted by molar-refractivity contribution is 0.450. The standard InChI is InChI=1S/C15H12N4O2S/c20-10-5-6-12(13(21)7-10)15(22)19-18-14-11-4-2-1-3-9(11)8-16-17-14/h1-8,20-21H,(H,17,18)(H,19,22). The molecular formula is C15H12N4O2S. The Morgan fingerprint density at radius 3 is 2.73 bits per heavy atom. The fourth-order valence-electron chi connectivity index (χ4n) is 2.02. The number of aromatic hydroxyl groups is 2. The number of hydrogen-bond acceptors (Lipinski definition) is 6. The molecule has 2 aromatic carbocycles. The summed E-state index contributed by atoms with van der Waals surface area (Å²) in [6, 6.07) is 11.9. The molecule has 3 rings (SSSR count). The number of thiocarbonyl (C=S) groups is 1. The molecule has 0 fully saturated rings. The van der Waals surface area contributed by atoms with Crippen LogP contribution in [0.4, 0.5) is 5.82 Å². The molecule has 0 bridgehead atoms. The third kappa shape index (κ3) is 2.75. The van der Waals surface area contributed by atoms with Crippen molar-refractivity contribution in [2.24, 2.45) is 0 Å². The number of fused-ring (bicyclic) bond motifs is 1. The number of nitrogens with zero attached hydrogens (tertiary/aromatic N) is 2. The van der Waals surface area contributed by atoms with Gasteiger partial charge in [0.15, 0.2) is 5.82 Å². The molecule has 0 radical (unpaired) electrons. The average Bonchev–Trinajstić information content (AvgIpc) is 2.52. The van der Waals surface area contributed by atoms with Crippen molar-refractivity contribution in [1.82, 2.24) is 15.6 Å². The lowest BCUT2D eigenvalue weighted by Gasteiger charge is -2.12. The Balaban J connectivity index is 1.80. The number of nitrogens with one attached hydrogen (secondary N) is 2. The molecule has 1 heterocycles. The Hall–Kier alpha value is -2.93. The van der Waals surface area contributed by atoms with E-state index in [0.29, 0.717) is 11.4 Å². The summed E-state index contributed by atoms with van der Waals surface area (Å²) in [6.45, 7) is 0. The zero-order valence-corrected chi connectivity index (χ0v) is 12.1. The summed E-state index contributed by atoms with van der Waals surface area (Å²) in [4.78, 5) is 0.271. The number of hydrogen-bond donors (Lipinski definition) is 4. The number of benzene rings is 2. The second kappa shape index (κ2) is 5.82. The number of aromatic nitrogens is 2. The van der Waals surface area contributed by atoms with E-state index in [2.05, 4.69) is 21.0 Å². The third-order valence-electron chi connectivity index (χ3n) is 3.09. The first-order chi connectivity index (χ1) is 10.6. The molecule has 0 amide bonds. The number of phenolic OH excluding ortho intramolecular Hbond substituents is 2. The fourth-order valence-corrected chi connectivity index (χ4v) is 2.24. The second-order valence-electron chi connectivity index (χ2n) is 4.56. The lowest BCUT2D eigenvalue weighted by atomic mass is 10.2. The van der Waals surface area contributed by atoms with Gasteiger partial charge in [-0.25, -0.2) is 0 Å². The lowest BCUT2D eigenvalue weighted by Crippen LogP contribution is -2.29. The highest BCUT2D eigenvalue weighted by Crippen LogP contribution is 2.23. The van der Waals surface area contributed by atoms with Crippen LogP contribution < -0.4 is 10.9 Å². The molecule has 1 aromatic heterocycles. The van der Waals surface area contributed by atoms with Crippen LogP contribution in [0.25, 0.3) is 10.8 Å². The van der Waals surface area contributed by atoms with Gasteiger partial charge in [0.1, 0.15) is 16.5 Å². The van der Waals surface area contributed by atoms with Crippen molar-refractivity contribution in [3.8, 4) is 11.5 Å². The second-order valence-corrected chi connectivity index (χ2v) is 4.97. The SMILES string of the molecule is Oc1ccc(C(=S)NNc2nncc3ccccc23)c(O)c1. The molecule has 0 aliphatic heterocycles.